The minimum atomic E-state index is -1.41. The topological polar surface area (TPSA) is 104 Å². The van der Waals surface area contributed by atoms with Crippen molar-refractivity contribution in [3.05, 3.63) is 0 Å². The van der Waals surface area contributed by atoms with Gasteiger partial charge in [-0.3, -0.25) is 19.4 Å². The standard InChI is InChI=1S/C36H66N4O7/c1-24-19-36(6,44-10)32(47-33-30(41)29(37(7)8)18-25(2)46-33)26(3)31(42)35(4,5)34(43)45-23-28(38(9)20-24)22-40-16-14-39(15-17-40)21-27-12-11-13-27/h24-30,32-33,41H,11-23H2,1-10H3/t24-,25-,26+,28-,29+,30-,32-,33+,36-/m1/s1. The van der Waals surface area contributed by atoms with Crippen LogP contribution in [-0.4, -0.2) is 159 Å². The predicted octanol–water partition coefficient (Wildman–Crippen LogP) is 2.74. The number of rotatable bonds is 8. The third-order valence-corrected chi connectivity index (χ3v) is 11.7. The summed E-state index contributed by atoms with van der Waals surface area (Å²) >= 11 is 0. The molecule has 0 radical (unpaired) electrons. The van der Waals surface area contributed by atoms with Crippen LogP contribution in [0.25, 0.3) is 0 Å². The first-order chi connectivity index (χ1) is 22.0. The van der Waals surface area contributed by atoms with Gasteiger partial charge in [0.15, 0.2) is 12.1 Å². The smallest absolute Gasteiger partial charge is 0.319 e. The van der Waals surface area contributed by atoms with Crippen molar-refractivity contribution in [2.75, 3.05) is 80.7 Å². The quantitative estimate of drug-likeness (QED) is 0.306. The fraction of sp³-hybridized carbons (Fsp3) is 0.944. The number of esters is 1. The van der Waals surface area contributed by atoms with Crippen LogP contribution in [0.1, 0.15) is 73.6 Å². The zero-order valence-corrected chi connectivity index (χ0v) is 31.1. The van der Waals surface area contributed by atoms with Crippen molar-refractivity contribution < 1.29 is 33.6 Å². The SMILES string of the molecule is CO[C@]1(C)C[C@@H](C)CN(C)[C@H](CN2CCN(CC3CCC3)CC2)COC(=O)C(C)(C)C(=O)[C@H](C)[C@H]1O[C@@H]1O[C@H](C)C[C@H](N(C)C)[C@H]1O. The molecule has 4 rings (SSSR count). The van der Waals surface area contributed by atoms with Crippen LogP contribution in [0.4, 0.5) is 0 Å². The van der Waals surface area contributed by atoms with Gasteiger partial charge in [-0.2, -0.15) is 0 Å². The van der Waals surface area contributed by atoms with Gasteiger partial charge in [-0.15, -0.1) is 0 Å². The lowest BCUT2D eigenvalue weighted by Gasteiger charge is -2.47. The number of carbonyl (C=O) groups is 2. The number of nitrogens with zero attached hydrogens (tertiary/aromatic N) is 4. The summed E-state index contributed by atoms with van der Waals surface area (Å²) in [5, 5.41) is 11.3. The number of ketones is 1. The van der Waals surface area contributed by atoms with E-state index in [-0.39, 0.29) is 36.5 Å². The van der Waals surface area contributed by atoms with Gasteiger partial charge in [0, 0.05) is 64.9 Å². The number of aliphatic hydroxyl groups excluding tert-OH is 1. The van der Waals surface area contributed by atoms with Crippen LogP contribution in [0.15, 0.2) is 0 Å². The summed E-state index contributed by atoms with van der Waals surface area (Å²) in [7, 11) is 7.62. The van der Waals surface area contributed by atoms with E-state index in [4.69, 9.17) is 18.9 Å². The number of aliphatic hydroxyl groups is 1. The fourth-order valence-electron chi connectivity index (χ4n) is 8.27. The number of cyclic esters (lactones) is 1. The van der Waals surface area contributed by atoms with E-state index < -0.39 is 41.4 Å². The Kier molecular flexibility index (Phi) is 13.3. The molecule has 0 spiro atoms. The summed E-state index contributed by atoms with van der Waals surface area (Å²) in [6, 6.07) is -0.181. The molecule has 9 atom stereocenters. The number of Topliss-reactive ketones (excluding diaryl/α,β-unsaturated/α-hetero) is 1. The molecule has 3 saturated heterocycles. The molecule has 4 aliphatic rings. The number of methoxy groups -OCH3 is 1. The van der Waals surface area contributed by atoms with Crippen molar-refractivity contribution in [1.82, 2.24) is 19.6 Å². The maximum Gasteiger partial charge on any atom is 0.319 e. The summed E-state index contributed by atoms with van der Waals surface area (Å²) < 4.78 is 25.1. The van der Waals surface area contributed by atoms with Crippen LogP contribution in [0.5, 0.6) is 0 Å². The highest BCUT2D eigenvalue weighted by molar-refractivity contribution is 6.04. The predicted molar refractivity (Wildman–Crippen MR) is 182 cm³/mol. The highest BCUT2D eigenvalue weighted by Crippen LogP contribution is 2.38. The van der Waals surface area contributed by atoms with Gasteiger partial charge in [-0.25, -0.2) is 0 Å². The van der Waals surface area contributed by atoms with Gasteiger partial charge in [0.1, 0.15) is 18.1 Å². The van der Waals surface area contributed by atoms with E-state index in [0.717, 1.165) is 45.2 Å². The van der Waals surface area contributed by atoms with Crippen LogP contribution in [0.3, 0.4) is 0 Å². The third-order valence-electron chi connectivity index (χ3n) is 11.7. The highest BCUT2D eigenvalue weighted by atomic mass is 16.7. The maximum absolute atomic E-state index is 14.3. The molecule has 11 nitrogen and oxygen atoms in total. The van der Waals surface area contributed by atoms with Gasteiger partial charge in [0.25, 0.3) is 0 Å². The average Bonchev–Trinajstić information content (AvgIpc) is 3.00. The van der Waals surface area contributed by atoms with Crippen LogP contribution in [-0.2, 0) is 28.5 Å². The summed E-state index contributed by atoms with van der Waals surface area (Å²) in [6.07, 6.45) is 2.57. The van der Waals surface area contributed by atoms with E-state index in [1.54, 1.807) is 27.9 Å². The fourth-order valence-corrected chi connectivity index (χ4v) is 8.27. The van der Waals surface area contributed by atoms with Crippen molar-refractivity contribution in [2.45, 2.75) is 116 Å². The maximum atomic E-state index is 14.3. The molecular weight excluding hydrogens is 600 g/mol. The van der Waals surface area contributed by atoms with Crippen molar-refractivity contribution in [2.24, 2.45) is 23.2 Å². The first-order valence-electron chi connectivity index (χ1n) is 18.1. The molecule has 1 N–H and O–H groups in total. The summed E-state index contributed by atoms with van der Waals surface area (Å²) in [4.78, 5) is 37.3. The number of hydrogen-bond donors (Lipinski definition) is 1. The number of hydrogen-bond acceptors (Lipinski definition) is 11. The normalized spacial score (nSPS) is 39.5. The van der Waals surface area contributed by atoms with Crippen molar-refractivity contribution >= 4 is 11.8 Å². The molecule has 1 saturated carbocycles. The molecule has 0 aromatic rings. The lowest BCUT2D eigenvalue weighted by atomic mass is 9.74. The average molecular weight is 667 g/mol. The Morgan fingerprint density at radius 1 is 1.00 bits per heavy atom. The van der Waals surface area contributed by atoms with Crippen LogP contribution < -0.4 is 0 Å². The second-order valence-electron chi connectivity index (χ2n) is 16.3. The molecule has 3 heterocycles. The van der Waals surface area contributed by atoms with E-state index in [9.17, 15) is 14.7 Å². The van der Waals surface area contributed by atoms with Crippen molar-refractivity contribution in [3.8, 4) is 0 Å². The van der Waals surface area contributed by atoms with E-state index in [0.29, 0.717) is 12.8 Å². The molecule has 1 aliphatic carbocycles. The molecule has 0 amide bonds. The van der Waals surface area contributed by atoms with Gasteiger partial charge >= 0.3 is 5.97 Å². The zero-order valence-electron chi connectivity index (χ0n) is 31.1. The van der Waals surface area contributed by atoms with Crippen molar-refractivity contribution in [3.63, 3.8) is 0 Å². The van der Waals surface area contributed by atoms with Crippen LogP contribution in [0, 0.1) is 23.2 Å². The molecule has 0 aromatic heterocycles. The Labute approximate surface area is 284 Å². The first kappa shape index (κ1) is 38.6. The molecular formula is C36H66N4O7. The van der Waals surface area contributed by atoms with E-state index in [2.05, 4.69) is 28.7 Å². The molecule has 3 aliphatic heterocycles. The lowest BCUT2D eigenvalue weighted by Crippen LogP contribution is -2.59. The Hall–Kier alpha value is -1.18. The van der Waals surface area contributed by atoms with Gasteiger partial charge in [0.2, 0.25) is 0 Å². The minimum absolute atomic E-state index is 0.0141. The molecule has 0 unspecified atom stereocenters. The number of likely N-dealkylation sites (N-methyl/N-ethyl adjacent to an activating group) is 2. The van der Waals surface area contributed by atoms with Crippen LogP contribution in [0.2, 0.25) is 0 Å². The molecule has 0 bridgehead atoms. The van der Waals surface area contributed by atoms with E-state index in [1.165, 1.54) is 25.8 Å². The van der Waals surface area contributed by atoms with Crippen molar-refractivity contribution in [1.29, 1.82) is 0 Å². The minimum Gasteiger partial charge on any atom is -0.463 e. The summed E-state index contributed by atoms with van der Waals surface area (Å²) in [6.45, 7) is 18.4. The Morgan fingerprint density at radius 3 is 2.17 bits per heavy atom. The van der Waals surface area contributed by atoms with E-state index in [1.807, 2.05) is 32.8 Å². The van der Waals surface area contributed by atoms with Gasteiger partial charge in [-0.05, 0) is 86.4 Å². The largest absolute Gasteiger partial charge is 0.463 e. The first-order valence-corrected chi connectivity index (χ1v) is 18.1. The van der Waals surface area contributed by atoms with Crippen LogP contribution >= 0.6 is 0 Å². The molecule has 0 aromatic carbocycles. The Balaban J connectivity index is 1.55. The summed E-state index contributed by atoms with van der Waals surface area (Å²) in [5.74, 6) is -0.517. The lowest BCUT2D eigenvalue weighted by molar-refractivity contribution is -0.295. The molecule has 47 heavy (non-hydrogen) atoms. The highest BCUT2D eigenvalue weighted by Gasteiger charge is 2.51. The number of carbonyl (C=O) groups excluding carboxylic acids is 2. The number of piperazine rings is 1. The Bertz CT molecular complexity index is 1030. The molecule has 272 valence electrons. The third kappa shape index (κ3) is 9.34. The second-order valence-corrected chi connectivity index (χ2v) is 16.3. The molecule has 11 heteroatoms. The van der Waals surface area contributed by atoms with Gasteiger partial charge in [-0.1, -0.05) is 20.3 Å². The monoisotopic (exact) mass is 666 g/mol. The molecule has 4 fully saturated rings. The zero-order chi connectivity index (χ0) is 34.7. The van der Waals surface area contributed by atoms with Gasteiger partial charge < -0.3 is 33.9 Å². The summed E-state index contributed by atoms with van der Waals surface area (Å²) in [5.41, 5.74) is -2.32. The van der Waals surface area contributed by atoms with Gasteiger partial charge in [0.05, 0.1) is 23.9 Å². The second kappa shape index (κ2) is 16.2. The van der Waals surface area contributed by atoms with E-state index >= 15 is 0 Å². The Morgan fingerprint density at radius 2 is 1.62 bits per heavy atom. The number of ether oxygens (including phenoxy) is 4.